The van der Waals surface area contributed by atoms with E-state index in [-0.39, 0.29) is 18.2 Å². The minimum atomic E-state index is -0.846. The molecule has 5 nitrogen and oxygen atoms in total. The van der Waals surface area contributed by atoms with Crippen molar-refractivity contribution in [3.8, 4) is 0 Å². The third kappa shape index (κ3) is 2.67. The fourth-order valence-corrected chi connectivity index (χ4v) is 1.61. The fraction of sp³-hybridized carbons (Fsp3) is 0.889. The van der Waals surface area contributed by atoms with Crippen LogP contribution in [0.4, 0.5) is 0 Å². The van der Waals surface area contributed by atoms with Crippen LogP contribution in [0.25, 0.3) is 0 Å². The summed E-state index contributed by atoms with van der Waals surface area (Å²) in [6, 6.07) is 0. The Labute approximate surface area is 82.9 Å². The second-order valence-electron chi connectivity index (χ2n) is 3.38. The Morgan fingerprint density at radius 3 is 2.71 bits per heavy atom. The summed E-state index contributed by atoms with van der Waals surface area (Å²) in [5, 5.41) is 9.29. The smallest absolute Gasteiger partial charge is 0.303 e. The van der Waals surface area contributed by atoms with Crippen molar-refractivity contribution in [2.45, 2.75) is 44.9 Å². The average Bonchev–Trinajstić information content (AvgIpc) is 2.08. The number of aliphatic hydroxyl groups excluding tert-OH is 1. The van der Waals surface area contributed by atoms with Crippen molar-refractivity contribution in [1.82, 2.24) is 0 Å². The molecule has 0 aromatic heterocycles. The van der Waals surface area contributed by atoms with Crippen LogP contribution in [0.2, 0.25) is 0 Å². The van der Waals surface area contributed by atoms with E-state index in [0.29, 0.717) is 6.42 Å². The predicted octanol–water partition coefficient (Wildman–Crippen LogP) is 0.0603. The van der Waals surface area contributed by atoms with Crippen molar-refractivity contribution in [2.75, 3.05) is 7.11 Å². The zero-order valence-corrected chi connectivity index (χ0v) is 8.60. The topological polar surface area (TPSA) is 65.0 Å². The first-order chi connectivity index (χ1) is 6.54. The summed E-state index contributed by atoms with van der Waals surface area (Å²) in [6.07, 6.45) is -1.63. The van der Waals surface area contributed by atoms with Crippen LogP contribution >= 0.6 is 0 Å². The molecule has 0 aliphatic carbocycles. The first kappa shape index (κ1) is 11.4. The van der Waals surface area contributed by atoms with E-state index >= 15 is 0 Å². The molecule has 4 atom stereocenters. The molecule has 82 valence electrons. The zero-order valence-electron chi connectivity index (χ0n) is 8.60. The molecule has 0 spiro atoms. The van der Waals surface area contributed by atoms with Crippen LogP contribution in [0.3, 0.4) is 0 Å². The van der Waals surface area contributed by atoms with Crippen molar-refractivity contribution in [2.24, 2.45) is 0 Å². The predicted molar refractivity (Wildman–Crippen MR) is 47.5 cm³/mol. The van der Waals surface area contributed by atoms with Gasteiger partial charge in [0, 0.05) is 20.5 Å². The van der Waals surface area contributed by atoms with E-state index in [2.05, 4.69) is 0 Å². The Kier molecular flexibility index (Phi) is 3.86. The van der Waals surface area contributed by atoms with Crippen molar-refractivity contribution in [3.63, 3.8) is 0 Å². The minimum Gasteiger partial charge on any atom is -0.457 e. The molecule has 1 aliphatic rings. The summed E-state index contributed by atoms with van der Waals surface area (Å²) in [5.41, 5.74) is 0. The highest BCUT2D eigenvalue weighted by Crippen LogP contribution is 2.23. The number of methoxy groups -OCH3 is 1. The molecule has 1 heterocycles. The molecule has 1 aliphatic heterocycles. The molecule has 1 rings (SSSR count). The molecular weight excluding hydrogens is 188 g/mol. The molecule has 1 N–H and O–H groups in total. The Morgan fingerprint density at radius 1 is 1.57 bits per heavy atom. The minimum absolute atomic E-state index is 0.308. The van der Waals surface area contributed by atoms with Gasteiger partial charge in [-0.15, -0.1) is 0 Å². The number of hydrogen-bond acceptors (Lipinski definition) is 5. The quantitative estimate of drug-likeness (QED) is 0.644. The van der Waals surface area contributed by atoms with E-state index in [1.165, 1.54) is 14.0 Å². The number of aliphatic hydroxyl groups is 1. The van der Waals surface area contributed by atoms with Gasteiger partial charge in [0.1, 0.15) is 6.10 Å². The first-order valence-electron chi connectivity index (χ1n) is 4.58. The van der Waals surface area contributed by atoms with Crippen LogP contribution < -0.4 is 0 Å². The first-order valence-corrected chi connectivity index (χ1v) is 4.58. The number of rotatable bonds is 2. The fourth-order valence-electron chi connectivity index (χ4n) is 1.61. The Morgan fingerprint density at radius 2 is 2.21 bits per heavy atom. The summed E-state index contributed by atoms with van der Waals surface area (Å²) < 4.78 is 15.3. The van der Waals surface area contributed by atoms with E-state index in [1.54, 1.807) is 6.92 Å². The van der Waals surface area contributed by atoms with Gasteiger partial charge in [-0.05, 0) is 6.92 Å². The molecule has 0 aromatic carbocycles. The van der Waals surface area contributed by atoms with Crippen molar-refractivity contribution < 1.29 is 24.1 Å². The van der Waals surface area contributed by atoms with Gasteiger partial charge in [-0.2, -0.15) is 0 Å². The molecule has 0 saturated carbocycles. The number of hydrogen-bond donors (Lipinski definition) is 1. The number of carbonyl (C=O) groups excluding carboxylic acids is 1. The molecule has 0 amide bonds. The largest absolute Gasteiger partial charge is 0.457 e. The second-order valence-corrected chi connectivity index (χ2v) is 3.38. The summed E-state index contributed by atoms with van der Waals surface area (Å²) in [7, 11) is 1.52. The monoisotopic (exact) mass is 204 g/mol. The van der Waals surface area contributed by atoms with Crippen LogP contribution in [0.5, 0.6) is 0 Å². The normalized spacial score (nSPS) is 38.0. The van der Waals surface area contributed by atoms with Gasteiger partial charge in [0.15, 0.2) is 12.4 Å². The van der Waals surface area contributed by atoms with Crippen molar-refractivity contribution in [3.05, 3.63) is 0 Å². The molecular formula is C9H16O5. The zero-order chi connectivity index (χ0) is 10.7. The standard InChI is InChI=1S/C9H16O5/c1-5-9(14-6(2)10)7(12-3)4-8(11)13-5/h5,7-9,11H,4H2,1-3H3/t5-,7+,8+,9+/m0/s1. The Bertz CT molecular complexity index is 205. The number of esters is 1. The highest BCUT2D eigenvalue weighted by atomic mass is 16.6. The molecule has 14 heavy (non-hydrogen) atoms. The lowest BCUT2D eigenvalue weighted by molar-refractivity contribution is -0.239. The van der Waals surface area contributed by atoms with Gasteiger partial charge in [-0.25, -0.2) is 0 Å². The lowest BCUT2D eigenvalue weighted by Gasteiger charge is -2.37. The van der Waals surface area contributed by atoms with Gasteiger partial charge in [0.2, 0.25) is 0 Å². The number of ether oxygens (including phenoxy) is 3. The van der Waals surface area contributed by atoms with Gasteiger partial charge in [-0.3, -0.25) is 4.79 Å². The van der Waals surface area contributed by atoms with E-state index in [4.69, 9.17) is 14.2 Å². The molecule has 5 heteroatoms. The maximum atomic E-state index is 10.8. The SMILES string of the molecule is CO[C@@H]1C[C@H](O)O[C@@H](C)[C@H]1OC(C)=O. The van der Waals surface area contributed by atoms with E-state index in [0.717, 1.165) is 0 Å². The van der Waals surface area contributed by atoms with E-state index < -0.39 is 12.4 Å². The highest BCUT2D eigenvalue weighted by Gasteiger charge is 2.38. The van der Waals surface area contributed by atoms with E-state index in [1.807, 2.05) is 0 Å². The van der Waals surface area contributed by atoms with Crippen LogP contribution in [-0.4, -0.2) is 42.8 Å². The summed E-state index contributed by atoms with van der Waals surface area (Å²) in [4.78, 5) is 10.8. The van der Waals surface area contributed by atoms with Crippen molar-refractivity contribution >= 4 is 5.97 Å². The molecule has 1 saturated heterocycles. The van der Waals surface area contributed by atoms with Gasteiger partial charge >= 0.3 is 5.97 Å². The van der Waals surface area contributed by atoms with Gasteiger partial charge < -0.3 is 19.3 Å². The summed E-state index contributed by atoms with van der Waals surface area (Å²) in [6.45, 7) is 3.08. The third-order valence-corrected chi connectivity index (χ3v) is 2.24. The molecule has 0 radical (unpaired) electrons. The molecule has 0 aromatic rings. The van der Waals surface area contributed by atoms with Crippen molar-refractivity contribution in [1.29, 1.82) is 0 Å². The summed E-state index contributed by atoms with van der Waals surface area (Å²) in [5.74, 6) is -0.371. The lowest BCUT2D eigenvalue weighted by atomic mass is 10.0. The summed E-state index contributed by atoms with van der Waals surface area (Å²) >= 11 is 0. The maximum Gasteiger partial charge on any atom is 0.303 e. The molecule has 1 fully saturated rings. The van der Waals surface area contributed by atoms with Crippen LogP contribution in [0, 0.1) is 0 Å². The second kappa shape index (κ2) is 4.72. The van der Waals surface area contributed by atoms with Crippen LogP contribution in [0.1, 0.15) is 20.3 Å². The molecule has 0 bridgehead atoms. The van der Waals surface area contributed by atoms with Gasteiger partial charge in [-0.1, -0.05) is 0 Å². The maximum absolute atomic E-state index is 10.8. The van der Waals surface area contributed by atoms with Gasteiger partial charge in [0.25, 0.3) is 0 Å². The highest BCUT2D eigenvalue weighted by molar-refractivity contribution is 5.66. The van der Waals surface area contributed by atoms with Gasteiger partial charge in [0.05, 0.1) is 6.10 Å². The Balaban J connectivity index is 2.63. The van der Waals surface area contributed by atoms with E-state index in [9.17, 15) is 9.90 Å². The van der Waals surface area contributed by atoms with Crippen LogP contribution in [0.15, 0.2) is 0 Å². The third-order valence-electron chi connectivity index (χ3n) is 2.24. The number of carbonyl (C=O) groups is 1. The lowest BCUT2D eigenvalue weighted by Crippen LogP contribution is -2.49. The Hall–Kier alpha value is -0.650. The van der Waals surface area contributed by atoms with Crippen LogP contribution in [-0.2, 0) is 19.0 Å². The molecule has 0 unspecified atom stereocenters. The average molecular weight is 204 g/mol.